The van der Waals surface area contributed by atoms with Crippen LogP contribution in [0.5, 0.6) is 0 Å². The number of aryl methyl sites for hydroxylation is 1. The molecule has 2 aromatic carbocycles. The summed E-state index contributed by atoms with van der Waals surface area (Å²) >= 11 is 7.41. The van der Waals surface area contributed by atoms with E-state index in [0.717, 1.165) is 35.9 Å². The number of carbonyl (C=O) groups excluding carboxylic acids is 1. The Morgan fingerprint density at radius 3 is 2.40 bits per heavy atom. The largest absolute Gasteiger partial charge is 0.335 e. The second-order valence-corrected chi connectivity index (χ2v) is 8.75. The van der Waals surface area contributed by atoms with Gasteiger partial charge in [0.25, 0.3) is 5.91 Å². The number of amides is 1. The van der Waals surface area contributed by atoms with E-state index >= 15 is 0 Å². The molecule has 2 heterocycles. The predicted molar refractivity (Wildman–Crippen MR) is 120 cm³/mol. The number of nitriles is 1. The molecule has 0 radical (unpaired) electrons. The van der Waals surface area contributed by atoms with Crippen LogP contribution in [0.15, 0.2) is 48.5 Å². The van der Waals surface area contributed by atoms with E-state index in [-0.39, 0.29) is 5.91 Å². The molecule has 1 aromatic heterocycles. The summed E-state index contributed by atoms with van der Waals surface area (Å²) in [6.07, 6.45) is 0. The number of aromatic nitrogens is 1. The van der Waals surface area contributed by atoms with Gasteiger partial charge in [-0.1, -0.05) is 35.9 Å². The minimum atomic E-state index is 0.0586. The summed E-state index contributed by atoms with van der Waals surface area (Å²) in [5.41, 5.74) is 3.60. The van der Waals surface area contributed by atoms with E-state index in [2.05, 4.69) is 16.0 Å². The standard InChI is InChI=1S/C23H21ClN4OS/c1-16-21(30-22(26-16)19-6-8-20(24)9-7-19)23(29)28-12-10-27(11-13-28)15-18-4-2-17(14-25)3-5-18/h2-9H,10-13,15H2,1H3. The van der Waals surface area contributed by atoms with Crippen LogP contribution in [-0.2, 0) is 6.54 Å². The summed E-state index contributed by atoms with van der Waals surface area (Å²) in [6.45, 7) is 5.77. The Bertz CT molecular complexity index is 1080. The normalized spacial score (nSPS) is 14.5. The van der Waals surface area contributed by atoms with Gasteiger partial charge in [0.1, 0.15) is 9.88 Å². The van der Waals surface area contributed by atoms with E-state index in [4.69, 9.17) is 16.9 Å². The molecule has 1 fully saturated rings. The van der Waals surface area contributed by atoms with Crippen LogP contribution < -0.4 is 0 Å². The van der Waals surface area contributed by atoms with Crippen LogP contribution in [0, 0.1) is 18.3 Å². The molecule has 0 atom stereocenters. The lowest BCUT2D eigenvalue weighted by atomic mass is 10.1. The Morgan fingerprint density at radius 1 is 1.10 bits per heavy atom. The molecule has 1 aliphatic rings. The number of hydrogen-bond donors (Lipinski definition) is 0. The Morgan fingerprint density at radius 2 is 1.77 bits per heavy atom. The zero-order chi connectivity index (χ0) is 21.1. The van der Waals surface area contributed by atoms with E-state index in [9.17, 15) is 4.79 Å². The first-order valence-electron chi connectivity index (χ1n) is 9.77. The third-order valence-electron chi connectivity index (χ3n) is 5.23. The van der Waals surface area contributed by atoms with E-state index in [0.29, 0.717) is 28.6 Å². The molecule has 0 bridgehead atoms. The maximum absolute atomic E-state index is 13.1. The molecule has 1 aliphatic heterocycles. The number of hydrogen-bond acceptors (Lipinski definition) is 5. The van der Waals surface area contributed by atoms with Crippen LogP contribution in [0.4, 0.5) is 0 Å². The summed E-state index contributed by atoms with van der Waals surface area (Å²) in [5, 5.41) is 10.4. The molecule has 7 heteroatoms. The first-order chi connectivity index (χ1) is 14.5. The average molecular weight is 437 g/mol. The van der Waals surface area contributed by atoms with Crippen molar-refractivity contribution in [3.05, 3.63) is 75.3 Å². The zero-order valence-corrected chi connectivity index (χ0v) is 18.2. The fraction of sp³-hybridized carbons (Fsp3) is 0.261. The molecule has 1 saturated heterocycles. The average Bonchev–Trinajstić information content (AvgIpc) is 3.16. The number of rotatable bonds is 4. The van der Waals surface area contributed by atoms with Crippen LogP contribution >= 0.6 is 22.9 Å². The molecule has 0 unspecified atom stereocenters. The first kappa shape index (κ1) is 20.5. The molecule has 30 heavy (non-hydrogen) atoms. The van der Waals surface area contributed by atoms with Gasteiger partial charge in [0.05, 0.1) is 17.3 Å². The quantitative estimate of drug-likeness (QED) is 0.599. The maximum atomic E-state index is 13.1. The number of thiazole rings is 1. The Kier molecular flexibility index (Phi) is 6.14. The molecule has 0 saturated carbocycles. The first-order valence-corrected chi connectivity index (χ1v) is 11.0. The zero-order valence-electron chi connectivity index (χ0n) is 16.6. The number of halogens is 1. The monoisotopic (exact) mass is 436 g/mol. The maximum Gasteiger partial charge on any atom is 0.265 e. The highest BCUT2D eigenvalue weighted by Crippen LogP contribution is 2.30. The van der Waals surface area contributed by atoms with Crippen molar-refractivity contribution in [2.24, 2.45) is 0 Å². The van der Waals surface area contributed by atoms with Crippen molar-refractivity contribution in [3.63, 3.8) is 0 Å². The van der Waals surface area contributed by atoms with Crippen LogP contribution in [0.2, 0.25) is 5.02 Å². The highest BCUT2D eigenvalue weighted by atomic mass is 35.5. The summed E-state index contributed by atoms with van der Waals surface area (Å²) in [5.74, 6) is 0.0586. The van der Waals surface area contributed by atoms with Crippen molar-refractivity contribution in [1.29, 1.82) is 5.26 Å². The van der Waals surface area contributed by atoms with Gasteiger partial charge in [0, 0.05) is 43.3 Å². The highest BCUT2D eigenvalue weighted by molar-refractivity contribution is 7.17. The van der Waals surface area contributed by atoms with Gasteiger partial charge in [-0.15, -0.1) is 11.3 Å². The second kappa shape index (κ2) is 8.97. The van der Waals surface area contributed by atoms with Gasteiger partial charge < -0.3 is 4.90 Å². The minimum absolute atomic E-state index is 0.0586. The fourth-order valence-corrected chi connectivity index (χ4v) is 4.67. The predicted octanol–water partition coefficient (Wildman–Crippen LogP) is 4.60. The fourth-order valence-electron chi connectivity index (χ4n) is 3.51. The van der Waals surface area contributed by atoms with Gasteiger partial charge in [0.15, 0.2) is 0 Å². The smallest absolute Gasteiger partial charge is 0.265 e. The number of piperazine rings is 1. The van der Waals surface area contributed by atoms with Crippen LogP contribution in [0.1, 0.15) is 26.5 Å². The van der Waals surface area contributed by atoms with Crippen molar-refractivity contribution < 1.29 is 4.79 Å². The molecule has 5 nitrogen and oxygen atoms in total. The number of nitrogens with zero attached hydrogens (tertiary/aromatic N) is 4. The van der Waals surface area contributed by atoms with Gasteiger partial charge in [-0.2, -0.15) is 5.26 Å². The van der Waals surface area contributed by atoms with E-state index in [1.54, 1.807) is 0 Å². The van der Waals surface area contributed by atoms with Gasteiger partial charge in [0.2, 0.25) is 0 Å². The molecule has 0 aliphatic carbocycles. The van der Waals surface area contributed by atoms with Crippen molar-refractivity contribution in [2.45, 2.75) is 13.5 Å². The topological polar surface area (TPSA) is 60.2 Å². The van der Waals surface area contributed by atoms with Crippen LogP contribution in [-0.4, -0.2) is 46.9 Å². The van der Waals surface area contributed by atoms with Gasteiger partial charge in [-0.3, -0.25) is 9.69 Å². The van der Waals surface area contributed by atoms with Crippen molar-refractivity contribution in [2.75, 3.05) is 26.2 Å². The number of benzene rings is 2. The lowest BCUT2D eigenvalue weighted by Crippen LogP contribution is -2.48. The molecule has 0 spiro atoms. The molecule has 0 N–H and O–H groups in total. The lowest BCUT2D eigenvalue weighted by Gasteiger charge is -2.34. The number of carbonyl (C=O) groups is 1. The van der Waals surface area contributed by atoms with Crippen LogP contribution in [0.25, 0.3) is 10.6 Å². The molecule has 3 aromatic rings. The molecule has 1 amide bonds. The van der Waals surface area contributed by atoms with E-state index in [1.165, 1.54) is 16.9 Å². The van der Waals surface area contributed by atoms with Gasteiger partial charge in [-0.05, 0) is 36.8 Å². The van der Waals surface area contributed by atoms with Gasteiger partial charge in [-0.25, -0.2) is 4.98 Å². The second-order valence-electron chi connectivity index (χ2n) is 7.32. The summed E-state index contributed by atoms with van der Waals surface area (Å²) in [4.78, 5) is 22.7. The third-order valence-corrected chi connectivity index (χ3v) is 6.68. The lowest BCUT2D eigenvalue weighted by molar-refractivity contribution is 0.0632. The summed E-state index contributed by atoms with van der Waals surface area (Å²) < 4.78 is 0. The summed E-state index contributed by atoms with van der Waals surface area (Å²) in [7, 11) is 0. The third kappa shape index (κ3) is 4.54. The molecule has 152 valence electrons. The highest BCUT2D eigenvalue weighted by Gasteiger charge is 2.25. The Hall–Kier alpha value is -2.72. The van der Waals surface area contributed by atoms with E-state index < -0.39 is 0 Å². The van der Waals surface area contributed by atoms with Crippen LogP contribution in [0.3, 0.4) is 0 Å². The van der Waals surface area contributed by atoms with Gasteiger partial charge >= 0.3 is 0 Å². The molecular weight excluding hydrogens is 416 g/mol. The Balaban J connectivity index is 1.38. The molecular formula is C23H21ClN4OS. The van der Waals surface area contributed by atoms with E-state index in [1.807, 2.05) is 60.4 Å². The van der Waals surface area contributed by atoms with Crippen molar-refractivity contribution >= 4 is 28.8 Å². The SMILES string of the molecule is Cc1nc(-c2ccc(Cl)cc2)sc1C(=O)N1CCN(Cc2ccc(C#N)cc2)CC1. The van der Waals surface area contributed by atoms with Crippen molar-refractivity contribution in [1.82, 2.24) is 14.8 Å². The van der Waals surface area contributed by atoms with Crippen molar-refractivity contribution in [3.8, 4) is 16.6 Å². The summed E-state index contributed by atoms with van der Waals surface area (Å²) in [6, 6.07) is 17.4. The minimum Gasteiger partial charge on any atom is -0.335 e. The Labute approximate surface area is 185 Å². The molecule has 4 rings (SSSR count).